The number of aliphatic hydroxyl groups is 1. The average Bonchev–Trinajstić information content (AvgIpc) is 3.55. The first kappa shape index (κ1) is 26.9. The smallest absolute Gasteiger partial charge is 0.247 e. The number of sulfonamides is 1. The summed E-state index contributed by atoms with van der Waals surface area (Å²) in [4.78, 5) is 24.6. The van der Waals surface area contributed by atoms with Crippen LogP contribution in [0.25, 0.3) is 11.1 Å². The Morgan fingerprint density at radius 2 is 1.98 bits per heavy atom. The predicted molar refractivity (Wildman–Crippen MR) is 147 cm³/mol. The lowest BCUT2D eigenvalue weighted by molar-refractivity contribution is -0.127. The molecule has 0 saturated carbocycles. The van der Waals surface area contributed by atoms with Gasteiger partial charge in [0, 0.05) is 75.4 Å². The van der Waals surface area contributed by atoms with Gasteiger partial charge < -0.3 is 19.7 Å². The van der Waals surface area contributed by atoms with Crippen LogP contribution in [0.1, 0.15) is 31.5 Å². The second-order valence-electron chi connectivity index (χ2n) is 11.0. The first-order chi connectivity index (χ1) is 19.2. The Balaban J connectivity index is 1.31. The highest BCUT2D eigenvalue weighted by molar-refractivity contribution is 7.89. The SMILES string of the molecule is Cn1ccnc1CN1CCC2(CCOc3cc(-c4cccnc4)ccc3S(=O)(=O)N3C[C@H](O)C[C@H]3C(=O)N2)CC1. The van der Waals surface area contributed by atoms with Gasteiger partial charge in [0.15, 0.2) is 0 Å². The van der Waals surface area contributed by atoms with Gasteiger partial charge in [-0.1, -0.05) is 12.1 Å². The normalized spacial score (nSPS) is 24.9. The molecule has 2 N–H and O–H groups in total. The van der Waals surface area contributed by atoms with Gasteiger partial charge in [-0.15, -0.1) is 0 Å². The lowest BCUT2D eigenvalue weighted by Crippen LogP contribution is -2.59. The molecule has 1 spiro atoms. The monoisotopic (exact) mass is 566 g/mol. The van der Waals surface area contributed by atoms with Crippen molar-refractivity contribution >= 4 is 15.9 Å². The lowest BCUT2D eigenvalue weighted by atomic mass is 9.84. The Labute approximate surface area is 233 Å². The van der Waals surface area contributed by atoms with Gasteiger partial charge in [0.2, 0.25) is 15.9 Å². The summed E-state index contributed by atoms with van der Waals surface area (Å²) in [5.41, 5.74) is 1.06. The van der Waals surface area contributed by atoms with Crippen LogP contribution < -0.4 is 10.1 Å². The minimum Gasteiger partial charge on any atom is -0.492 e. The zero-order valence-electron chi connectivity index (χ0n) is 22.4. The number of aromatic nitrogens is 3. The number of piperidine rings is 1. The molecular weight excluding hydrogens is 532 g/mol. The van der Waals surface area contributed by atoms with E-state index in [0.717, 1.165) is 40.9 Å². The van der Waals surface area contributed by atoms with Crippen LogP contribution in [-0.4, -0.2) is 87.1 Å². The van der Waals surface area contributed by atoms with Crippen LogP contribution in [-0.2, 0) is 28.4 Å². The molecule has 0 unspecified atom stereocenters. The summed E-state index contributed by atoms with van der Waals surface area (Å²) < 4.78 is 37.1. The van der Waals surface area contributed by atoms with Crippen LogP contribution in [0.3, 0.4) is 0 Å². The van der Waals surface area contributed by atoms with Crippen molar-refractivity contribution in [1.29, 1.82) is 0 Å². The van der Waals surface area contributed by atoms with Crippen molar-refractivity contribution in [2.45, 2.75) is 54.8 Å². The van der Waals surface area contributed by atoms with Crippen LogP contribution in [0.2, 0.25) is 0 Å². The van der Waals surface area contributed by atoms with Gasteiger partial charge in [0.25, 0.3) is 0 Å². The molecule has 40 heavy (non-hydrogen) atoms. The van der Waals surface area contributed by atoms with Crippen molar-refractivity contribution in [3.8, 4) is 16.9 Å². The number of carbonyl (C=O) groups excluding carboxylic acids is 1. The van der Waals surface area contributed by atoms with Crippen molar-refractivity contribution in [1.82, 2.24) is 29.1 Å². The summed E-state index contributed by atoms with van der Waals surface area (Å²) in [6.07, 6.45) is 8.14. The molecule has 11 nitrogen and oxygen atoms in total. The summed E-state index contributed by atoms with van der Waals surface area (Å²) in [5.74, 6) is 0.846. The van der Waals surface area contributed by atoms with Crippen molar-refractivity contribution in [3.63, 3.8) is 0 Å². The number of ether oxygens (including phenoxy) is 1. The van der Waals surface area contributed by atoms with E-state index in [2.05, 4.69) is 20.2 Å². The third-order valence-electron chi connectivity index (χ3n) is 8.39. The minimum absolute atomic E-state index is 0.00660. The first-order valence-corrected chi connectivity index (χ1v) is 15.1. The zero-order chi connectivity index (χ0) is 27.9. The van der Waals surface area contributed by atoms with E-state index >= 15 is 0 Å². The summed E-state index contributed by atoms with van der Waals surface area (Å²) in [7, 11) is -2.15. The molecule has 2 saturated heterocycles. The number of fused-ring (bicyclic) bond motifs is 2. The van der Waals surface area contributed by atoms with Gasteiger partial charge in [-0.3, -0.25) is 14.7 Å². The molecule has 1 amide bonds. The first-order valence-electron chi connectivity index (χ1n) is 13.6. The van der Waals surface area contributed by atoms with E-state index in [1.165, 1.54) is 6.07 Å². The number of likely N-dealkylation sites (tertiary alicyclic amines) is 1. The van der Waals surface area contributed by atoms with Crippen LogP contribution in [0.5, 0.6) is 5.75 Å². The summed E-state index contributed by atoms with van der Waals surface area (Å²) in [6, 6.07) is 7.69. The van der Waals surface area contributed by atoms with Gasteiger partial charge in [-0.05, 0) is 36.6 Å². The van der Waals surface area contributed by atoms with Crippen LogP contribution >= 0.6 is 0 Å². The molecule has 3 aromatic rings. The Morgan fingerprint density at radius 1 is 1.15 bits per heavy atom. The van der Waals surface area contributed by atoms with E-state index in [9.17, 15) is 18.3 Å². The largest absolute Gasteiger partial charge is 0.492 e. The van der Waals surface area contributed by atoms with E-state index in [-0.39, 0.29) is 36.1 Å². The minimum atomic E-state index is -4.13. The number of hydrogen-bond acceptors (Lipinski definition) is 8. The van der Waals surface area contributed by atoms with Gasteiger partial charge in [-0.25, -0.2) is 13.4 Å². The highest BCUT2D eigenvalue weighted by Crippen LogP contribution is 2.37. The van der Waals surface area contributed by atoms with Crippen molar-refractivity contribution in [3.05, 3.63) is 60.9 Å². The number of aliphatic hydroxyl groups excluding tert-OH is 1. The van der Waals surface area contributed by atoms with E-state index in [0.29, 0.717) is 19.3 Å². The third-order valence-corrected chi connectivity index (χ3v) is 10.3. The molecular formula is C28H34N6O5S. The average molecular weight is 567 g/mol. The number of benzene rings is 1. The Bertz CT molecular complexity index is 1490. The maximum absolute atomic E-state index is 13.9. The van der Waals surface area contributed by atoms with Gasteiger partial charge in [0.1, 0.15) is 22.5 Å². The van der Waals surface area contributed by atoms with Crippen molar-refractivity contribution < 1.29 is 23.1 Å². The molecule has 212 valence electrons. The third kappa shape index (κ3) is 5.12. The van der Waals surface area contributed by atoms with Gasteiger partial charge >= 0.3 is 0 Å². The van der Waals surface area contributed by atoms with Gasteiger partial charge in [-0.2, -0.15) is 4.31 Å². The predicted octanol–water partition coefficient (Wildman–Crippen LogP) is 1.54. The van der Waals surface area contributed by atoms with E-state index in [4.69, 9.17) is 4.74 Å². The summed E-state index contributed by atoms with van der Waals surface area (Å²) in [6.45, 7) is 2.32. The Kier molecular flexibility index (Phi) is 7.11. The molecule has 3 aliphatic rings. The molecule has 1 aromatic carbocycles. The van der Waals surface area contributed by atoms with Crippen molar-refractivity contribution in [2.75, 3.05) is 26.2 Å². The molecule has 0 radical (unpaired) electrons. The number of aryl methyl sites for hydroxylation is 1. The summed E-state index contributed by atoms with van der Waals surface area (Å²) in [5, 5.41) is 13.7. The zero-order valence-corrected chi connectivity index (χ0v) is 23.3. The second kappa shape index (κ2) is 10.6. The fourth-order valence-corrected chi connectivity index (χ4v) is 7.74. The molecule has 3 aliphatic heterocycles. The van der Waals surface area contributed by atoms with Crippen molar-refractivity contribution in [2.24, 2.45) is 7.05 Å². The maximum Gasteiger partial charge on any atom is 0.247 e. The van der Waals surface area contributed by atoms with Crippen LogP contribution in [0.15, 0.2) is 60.0 Å². The highest BCUT2D eigenvalue weighted by Gasteiger charge is 2.47. The molecule has 12 heteroatoms. The number of nitrogens with one attached hydrogen (secondary N) is 1. The molecule has 2 atom stereocenters. The quantitative estimate of drug-likeness (QED) is 0.489. The number of imidazole rings is 1. The number of rotatable bonds is 3. The number of amides is 1. The molecule has 0 aliphatic carbocycles. The highest BCUT2D eigenvalue weighted by atomic mass is 32.2. The molecule has 0 bridgehead atoms. The molecule has 5 heterocycles. The lowest BCUT2D eigenvalue weighted by Gasteiger charge is -2.43. The fourth-order valence-electron chi connectivity index (χ4n) is 5.99. The number of pyridine rings is 1. The molecule has 6 rings (SSSR count). The second-order valence-corrected chi connectivity index (χ2v) is 12.8. The standard InChI is InChI=1S/C28H34N6O5S/c1-32-13-10-30-26(32)19-33-11-6-28(7-12-33)8-14-39-24-15-20(21-3-2-9-29-17-21)4-5-25(24)40(37,38)34-18-22(35)16-23(34)27(36)31-28/h2-5,9-10,13,15,17,22-23,35H,6-8,11-12,14,16,18-19H2,1H3,(H,31,36)/t22-,23+/m1/s1. The topological polar surface area (TPSA) is 130 Å². The van der Waals surface area contributed by atoms with E-state index in [1.807, 2.05) is 29.9 Å². The van der Waals surface area contributed by atoms with Gasteiger partial charge in [0.05, 0.1) is 19.3 Å². The van der Waals surface area contributed by atoms with E-state index < -0.39 is 27.7 Å². The number of nitrogens with zero attached hydrogens (tertiary/aromatic N) is 5. The fraction of sp³-hybridized carbons (Fsp3) is 0.464. The van der Waals surface area contributed by atoms with Crippen LogP contribution in [0, 0.1) is 0 Å². The number of hydrogen-bond donors (Lipinski definition) is 2. The summed E-state index contributed by atoms with van der Waals surface area (Å²) >= 11 is 0. The Hall–Kier alpha value is -3.32. The maximum atomic E-state index is 13.9. The van der Waals surface area contributed by atoms with Crippen LogP contribution in [0.4, 0.5) is 0 Å². The number of carbonyl (C=O) groups is 1. The Morgan fingerprint density at radius 3 is 2.70 bits per heavy atom. The molecule has 2 aromatic heterocycles. The van der Waals surface area contributed by atoms with E-state index in [1.54, 1.807) is 30.7 Å². The molecule has 2 fully saturated rings.